The van der Waals surface area contributed by atoms with Gasteiger partial charge in [0.05, 0.1) is 12.0 Å². The summed E-state index contributed by atoms with van der Waals surface area (Å²) in [5.74, 6) is -0.602. The van der Waals surface area contributed by atoms with Crippen LogP contribution in [-0.2, 0) is 17.4 Å². The predicted octanol–water partition coefficient (Wildman–Crippen LogP) is 5.04. The second kappa shape index (κ2) is 7.33. The molecule has 1 amide bonds. The molecule has 2 aromatic carbocycles. The van der Waals surface area contributed by atoms with Crippen LogP contribution in [0.2, 0.25) is 0 Å². The van der Waals surface area contributed by atoms with Crippen molar-refractivity contribution in [2.75, 3.05) is 5.32 Å². The molecule has 26 heavy (non-hydrogen) atoms. The first-order chi connectivity index (χ1) is 12.3. The summed E-state index contributed by atoms with van der Waals surface area (Å²) in [6.45, 7) is 0. The lowest BCUT2D eigenvalue weighted by atomic mass is 10.0. The summed E-state index contributed by atoms with van der Waals surface area (Å²) in [5, 5.41) is 8.14. The Morgan fingerprint density at radius 3 is 2.35 bits per heavy atom. The number of carbonyl (C=O) groups is 1. The lowest BCUT2D eigenvalue weighted by Crippen LogP contribution is -2.15. The molecule has 0 fully saturated rings. The third kappa shape index (κ3) is 4.13. The lowest BCUT2D eigenvalue weighted by Gasteiger charge is -2.10. The Morgan fingerprint density at radius 2 is 1.73 bits per heavy atom. The van der Waals surface area contributed by atoms with Crippen LogP contribution in [0.25, 0.3) is 11.1 Å². The van der Waals surface area contributed by atoms with Crippen LogP contribution in [0.5, 0.6) is 0 Å². The number of H-pyrrole nitrogens is 1. The maximum absolute atomic E-state index is 13.3. The average Bonchev–Trinajstić information content (AvgIpc) is 3.01. The fraction of sp³-hybridized carbons (Fsp3) is 0.111. The first-order valence-electron chi connectivity index (χ1n) is 7.60. The van der Waals surface area contributed by atoms with Gasteiger partial charge in [-0.25, -0.2) is 0 Å². The number of rotatable bonds is 4. The van der Waals surface area contributed by atoms with Crippen molar-refractivity contribution in [3.8, 4) is 11.1 Å². The molecule has 2 N–H and O–H groups in total. The van der Waals surface area contributed by atoms with E-state index in [1.54, 1.807) is 42.5 Å². The Hall–Kier alpha value is -2.61. The van der Waals surface area contributed by atoms with E-state index in [9.17, 15) is 18.0 Å². The van der Waals surface area contributed by atoms with Crippen LogP contribution in [0, 0.1) is 0 Å². The Balaban J connectivity index is 1.89. The van der Waals surface area contributed by atoms with Crippen LogP contribution >= 0.6 is 15.9 Å². The highest BCUT2D eigenvalue weighted by Crippen LogP contribution is 2.39. The molecule has 3 rings (SSSR count). The van der Waals surface area contributed by atoms with E-state index in [4.69, 9.17) is 0 Å². The fourth-order valence-corrected chi connectivity index (χ4v) is 2.75. The van der Waals surface area contributed by atoms with Gasteiger partial charge in [0.2, 0.25) is 5.91 Å². The quantitative estimate of drug-likeness (QED) is 0.617. The molecule has 0 unspecified atom stereocenters. The highest BCUT2D eigenvalue weighted by molar-refractivity contribution is 9.10. The van der Waals surface area contributed by atoms with Crippen LogP contribution in [0.4, 0.5) is 19.0 Å². The SMILES string of the molecule is O=C(Cc1ccc(Br)cc1)Nc1n[nH]c(C(F)(F)F)c1-c1ccccc1. The molecule has 0 saturated carbocycles. The van der Waals surface area contributed by atoms with Gasteiger partial charge in [0.15, 0.2) is 5.82 Å². The zero-order valence-corrected chi connectivity index (χ0v) is 14.9. The number of carbonyl (C=O) groups excluding carboxylic acids is 1. The molecule has 0 saturated heterocycles. The van der Waals surface area contributed by atoms with Gasteiger partial charge in [0.1, 0.15) is 5.69 Å². The van der Waals surface area contributed by atoms with Crippen molar-refractivity contribution in [3.63, 3.8) is 0 Å². The third-order valence-electron chi connectivity index (χ3n) is 3.65. The van der Waals surface area contributed by atoms with Crippen molar-refractivity contribution in [2.45, 2.75) is 12.6 Å². The molecule has 3 aromatic rings. The van der Waals surface area contributed by atoms with E-state index in [2.05, 4.69) is 26.3 Å². The molecule has 1 aromatic heterocycles. The molecule has 4 nitrogen and oxygen atoms in total. The van der Waals surface area contributed by atoms with E-state index in [0.29, 0.717) is 5.56 Å². The minimum absolute atomic E-state index is 0.0235. The Kier molecular flexibility index (Phi) is 5.13. The van der Waals surface area contributed by atoms with Crippen LogP contribution in [0.15, 0.2) is 59.1 Å². The van der Waals surface area contributed by atoms with Gasteiger partial charge in [0, 0.05) is 4.47 Å². The first-order valence-corrected chi connectivity index (χ1v) is 8.39. The molecule has 0 atom stereocenters. The number of benzene rings is 2. The summed E-state index contributed by atoms with van der Waals surface area (Å²) in [4.78, 5) is 12.3. The van der Waals surface area contributed by atoms with Crippen LogP contribution in [-0.4, -0.2) is 16.1 Å². The minimum Gasteiger partial charge on any atom is -0.308 e. The van der Waals surface area contributed by atoms with Gasteiger partial charge in [0.25, 0.3) is 0 Å². The Morgan fingerprint density at radius 1 is 1.08 bits per heavy atom. The molecule has 0 bridgehead atoms. The summed E-state index contributed by atoms with van der Waals surface area (Å²) < 4.78 is 40.7. The molecule has 0 aliphatic heterocycles. The molecular formula is C18H13BrF3N3O. The van der Waals surface area contributed by atoms with Crippen molar-refractivity contribution < 1.29 is 18.0 Å². The van der Waals surface area contributed by atoms with E-state index in [-0.39, 0.29) is 17.8 Å². The van der Waals surface area contributed by atoms with Gasteiger partial charge in [-0.2, -0.15) is 18.3 Å². The molecule has 0 aliphatic carbocycles. The van der Waals surface area contributed by atoms with Gasteiger partial charge in [-0.1, -0.05) is 58.4 Å². The maximum atomic E-state index is 13.3. The highest BCUT2D eigenvalue weighted by Gasteiger charge is 2.38. The zero-order valence-electron chi connectivity index (χ0n) is 13.3. The van der Waals surface area contributed by atoms with Crippen molar-refractivity contribution in [2.24, 2.45) is 0 Å². The summed E-state index contributed by atoms with van der Waals surface area (Å²) in [5.41, 5.74) is -0.129. The molecule has 0 radical (unpaired) electrons. The van der Waals surface area contributed by atoms with Gasteiger partial charge in [-0.3, -0.25) is 9.89 Å². The number of hydrogen-bond acceptors (Lipinski definition) is 2. The molecule has 1 heterocycles. The molecule has 0 spiro atoms. The molecular weight excluding hydrogens is 411 g/mol. The average molecular weight is 424 g/mol. The van der Waals surface area contributed by atoms with E-state index >= 15 is 0 Å². The zero-order chi connectivity index (χ0) is 18.7. The van der Waals surface area contributed by atoms with Crippen molar-refractivity contribution in [1.82, 2.24) is 10.2 Å². The Labute approximate surface area is 155 Å². The van der Waals surface area contributed by atoms with Crippen LogP contribution in [0.1, 0.15) is 11.3 Å². The maximum Gasteiger partial charge on any atom is 0.433 e. The van der Waals surface area contributed by atoms with Gasteiger partial charge < -0.3 is 5.32 Å². The van der Waals surface area contributed by atoms with E-state index in [1.165, 1.54) is 12.1 Å². The third-order valence-corrected chi connectivity index (χ3v) is 4.18. The number of aromatic nitrogens is 2. The standard InChI is InChI=1S/C18H13BrF3N3O/c19-13-8-6-11(7-9-13)10-14(26)23-17-15(12-4-2-1-3-5-12)16(24-25-17)18(20,21)22/h1-9H,10H2,(H2,23,24,25,26). The minimum atomic E-state index is -4.62. The smallest absolute Gasteiger partial charge is 0.308 e. The van der Waals surface area contributed by atoms with Crippen molar-refractivity contribution >= 4 is 27.7 Å². The summed E-state index contributed by atoms with van der Waals surface area (Å²) in [6, 6.07) is 15.1. The number of aromatic amines is 1. The largest absolute Gasteiger partial charge is 0.433 e. The molecule has 134 valence electrons. The van der Waals surface area contributed by atoms with Gasteiger partial charge in [-0.15, -0.1) is 0 Å². The second-order valence-electron chi connectivity index (χ2n) is 5.54. The van der Waals surface area contributed by atoms with Crippen LogP contribution in [0.3, 0.4) is 0 Å². The number of halogens is 4. The highest BCUT2D eigenvalue weighted by atomic mass is 79.9. The van der Waals surface area contributed by atoms with E-state index < -0.39 is 17.8 Å². The lowest BCUT2D eigenvalue weighted by molar-refractivity contribution is -0.140. The van der Waals surface area contributed by atoms with Crippen molar-refractivity contribution in [1.29, 1.82) is 0 Å². The van der Waals surface area contributed by atoms with Crippen molar-refractivity contribution in [3.05, 3.63) is 70.3 Å². The number of nitrogens with zero attached hydrogens (tertiary/aromatic N) is 1. The number of anilines is 1. The number of amides is 1. The normalized spacial score (nSPS) is 11.4. The summed E-state index contributed by atoms with van der Waals surface area (Å²) in [6.07, 6.45) is -4.59. The summed E-state index contributed by atoms with van der Waals surface area (Å²) in [7, 11) is 0. The van der Waals surface area contributed by atoms with Gasteiger partial charge in [-0.05, 0) is 23.3 Å². The monoisotopic (exact) mass is 423 g/mol. The van der Waals surface area contributed by atoms with E-state index in [1.807, 2.05) is 5.10 Å². The second-order valence-corrected chi connectivity index (χ2v) is 6.45. The first kappa shape index (κ1) is 18.2. The number of alkyl halides is 3. The molecule has 0 aliphatic rings. The predicted molar refractivity (Wildman–Crippen MR) is 95.5 cm³/mol. The number of hydrogen-bond donors (Lipinski definition) is 2. The fourth-order valence-electron chi connectivity index (χ4n) is 2.49. The molecule has 8 heteroatoms. The summed E-state index contributed by atoms with van der Waals surface area (Å²) >= 11 is 3.30. The number of nitrogens with one attached hydrogen (secondary N) is 2. The topological polar surface area (TPSA) is 57.8 Å². The Bertz CT molecular complexity index is 906. The van der Waals surface area contributed by atoms with E-state index in [0.717, 1.165) is 10.0 Å². The van der Waals surface area contributed by atoms with Crippen LogP contribution < -0.4 is 5.32 Å². The van der Waals surface area contributed by atoms with Gasteiger partial charge >= 0.3 is 6.18 Å².